The van der Waals surface area contributed by atoms with Gasteiger partial charge in [-0.05, 0) is 40.9 Å². The van der Waals surface area contributed by atoms with Crippen molar-refractivity contribution < 1.29 is 24.2 Å². The van der Waals surface area contributed by atoms with Gasteiger partial charge in [0.1, 0.15) is 13.2 Å². The van der Waals surface area contributed by atoms with Gasteiger partial charge in [0.05, 0.1) is 9.89 Å². The maximum atomic E-state index is 12.2. The van der Waals surface area contributed by atoms with Gasteiger partial charge in [-0.3, -0.25) is 9.59 Å². The molecule has 1 amide bonds. The molecule has 1 aromatic carbocycles. The molecule has 2 N–H and O–H groups in total. The number of carbonyl (C=O) groups excluding carboxylic acids is 1. The Bertz CT molecular complexity index is 612. The largest absolute Gasteiger partial charge is 0.486 e. The van der Waals surface area contributed by atoms with E-state index in [1.165, 1.54) is 0 Å². The van der Waals surface area contributed by atoms with Gasteiger partial charge in [-0.1, -0.05) is 0 Å². The van der Waals surface area contributed by atoms with E-state index in [1.54, 1.807) is 12.1 Å². The van der Waals surface area contributed by atoms with Gasteiger partial charge >= 0.3 is 5.97 Å². The van der Waals surface area contributed by atoms with Gasteiger partial charge in [0.2, 0.25) is 0 Å². The third-order valence-electron chi connectivity index (χ3n) is 3.75. The Kier molecular flexibility index (Phi) is 3.52. The standard InChI is InChI=1S/C14H14BrNO5/c15-9-5-8(6-10-11(9)21-4-3-20-10)12(17)16-7-14(1-2-14)13(18)19/h5-6H,1-4,7H2,(H,16,17)(H,18,19). The molecule has 3 rings (SSSR count). The molecule has 0 spiro atoms. The van der Waals surface area contributed by atoms with E-state index in [-0.39, 0.29) is 12.5 Å². The topological polar surface area (TPSA) is 84.9 Å². The maximum absolute atomic E-state index is 12.2. The first-order valence-corrected chi connectivity index (χ1v) is 7.42. The van der Waals surface area contributed by atoms with Crippen LogP contribution >= 0.6 is 15.9 Å². The van der Waals surface area contributed by atoms with Crippen molar-refractivity contribution in [2.24, 2.45) is 5.41 Å². The molecule has 21 heavy (non-hydrogen) atoms. The highest BCUT2D eigenvalue weighted by Crippen LogP contribution is 2.45. The van der Waals surface area contributed by atoms with Crippen molar-refractivity contribution in [3.05, 3.63) is 22.2 Å². The summed E-state index contributed by atoms with van der Waals surface area (Å²) in [5.74, 6) is -0.0755. The maximum Gasteiger partial charge on any atom is 0.311 e. The van der Waals surface area contributed by atoms with Crippen molar-refractivity contribution in [1.29, 1.82) is 0 Å². The van der Waals surface area contributed by atoms with E-state index in [0.29, 0.717) is 47.6 Å². The predicted octanol–water partition coefficient (Wildman–Crippen LogP) is 1.81. The van der Waals surface area contributed by atoms with Crippen LogP contribution in [0.3, 0.4) is 0 Å². The lowest BCUT2D eigenvalue weighted by Gasteiger charge is -2.20. The number of halogens is 1. The zero-order valence-corrected chi connectivity index (χ0v) is 12.7. The predicted molar refractivity (Wildman–Crippen MR) is 76.8 cm³/mol. The molecule has 1 saturated carbocycles. The summed E-state index contributed by atoms with van der Waals surface area (Å²) in [4.78, 5) is 23.2. The summed E-state index contributed by atoms with van der Waals surface area (Å²) in [6, 6.07) is 3.25. The van der Waals surface area contributed by atoms with Crippen molar-refractivity contribution in [3.8, 4) is 11.5 Å². The number of nitrogens with one attached hydrogen (secondary N) is 1. The van der Waals surface area contributed by atoms with Crippen molar-refractivity contribution in [1.82, 2.24) is 5.32 Å². The van der Waals surface area contributed by atoms with Crippen LogP contribution in [-0.2, 0) is 4.79 Å². The lowest BCUT2D eigenvalue weighted by molar-refractivity contribution is -0.143. The van der Waals surface area contributed by atoms with Crippen molar-refractivity contribution in [3.63, 3.8) is 0 Å². The second kappa shape index (κ2) is 5.22. The van der Waals surface area contributed by atoms with Gasteiger partial charge in [0.15, 0.2) is 11.5 Å². The molecular formula is C14H14BrNO5. The number of hydrogen-bond acceptors (Lipinski definition) is 4. The number of carboxylic acid groups (broad SMARTS) is 1. The molecule has 7 heteroatoms. The van der Waals surface area contributed by atoms with E-state index in [2.05, 4.69) is 21.2 Å². The molecular weight excluding hydrogens is 342 g/mol. The normalized spacial score (nSPS) is 18.0. The molecule has 0 bridgehead atoms. The first-order valence-electron chi connectivity index (χ1n) is 6.63. The molecule has 0 atom stereocenters. The lowest BCUT2D eigenvalue weighted by atomic mass is 10.1. The summed E-state index contributed by atoms with van der Waals surface area (Å²) in [5.41, 5.74) is -0.368. The summed E-state index contributed by atoms with van der Waals surface area (Å²) in [6.45, 7) is 1.05. The molecule has 0 unspecified atom stereocenters. The highest BCUT2D eigenvalue weighted by Gasteiger charge is 2.50. The Morgan fingerprint density at radius 3 is 2.67 bits per heavy atom. The molecule has 1 fully saturated rings. The minimum absolute atomic E-state index is 0.146. The SMILES string of the molecule is O=C(NCC1(C(=O)O)CC1)c1cc(Br)c2c(c1)OCCO2. The second-order valence-corrected chi connectivity index (χ2v) is 6.10. The number of hydrogen-bond donors (Lipinski definition) is 2. The number of carbonyl (C=O) groups is 2. The van der Waals surface area contributed by atoms with Crippen LogP contribution in [0.5, 0.6) is 11.5 Å². The molecule has 1 aliphatic heterocycles. The average Bonchev–Trinajstić information content (AvgIpc) is 3.26. The molecule has 6 nitrogen and oxygen atoms in total. The molecule has 0 aromatic heterocycles. The van der Waals surface area contributed by atoms with Gasteiger partial charge in [0, 0.05) is 12.1 Å². The van der Waals surface area contributed by atoms with Crippen LogP contribution in [0.2, 0.25) is 0 Å². The zero-order chi connectivity index (χ0) is 15.0. The molecule has 1 aliphatic carbocycles. The Balaban J connectivity index is 1.73. The first-order chi connectivity index (χ1) is 10.0. The zero-order valence-electron chi connectivity index (χ0n) is 11.1. The van der Waals surface area contributed by atoms with E-state index >= 15 is 0 Å². The van der Waals surface area contributed by atoms with Crippen molar-refractivity contribution in [2.75, 3.05) is 19.8 Å². The minimum Gasteiger partial charge on any atom is -0.486 e. The van der Waals surface area contributed by atoms with E-state index in [4.69, 9.17) is 14.6 Å². The van der Waals surface area contributed by atoms with Gasteiger partial charge in [-0.15, -0.1) is 0 Å². The molecule has 1 aromatic rings. The number of carboxylic acids is 1. The summed E-state index contributed by atoms with van der Waals surface area (Å²) in [6.07, 6.45) is 1.21. The van der Waals surface area contributed by atoms with Crippen LogP contribution in [-0.4, -0.2) is 36.7 Å². The highest BCUT2D eigenvalue weighted by atomic mass is 79.9. The van der Waals surface area contributed by atoms with E-state index < -0.39 is 11.4 Å². The summed E-state index contributed by atoms with van der Waals surface area (Å²) in [5, 5.41) is 11.8. The van der Waals surface area contributed by atoms with Gasteiger partial charge in [-0.25, -0.2) is 0 Å². The van der Waals surface area contributed by atoms with Crippen LogP contribution in [0.1, 0.15) is 23.2 Å². The van der Waals surface area contributed by atoms with E-state index in [1.807, 2.05) is 0 Å². The lowest BCUT2D eigenvalue weighted by Crippen LogP contribution is -2.34. The summed E-state index contributed by atoms with van der Waals surface area (Å²) < 4.78 is 11.6. The van der Waals surface area contributed by atoms with Crippen molar-refractivity contribution >= 4 is 27.8 Å². The number of rotatable bonds is 4. The fourth-order valence-electron chi connectivity index (χ4n) is 2.21. The monoisotopic (exact) mass is 355 g/mol. The number of ether oxygens (including phenoxy) is 2. The number of benzene rings is 1. The first kappa shape index (κ1) is 14.2. The summed E-state index contributed by atoms with van der Waals surface area (Å²) in [7, 11) is 0. The molecule has 112 valence electrons. The quantitative estimate of drug-likeness (QED) is 0.860. The molecule has 2 aliphatic rings. The smallest absolute Gasteiger partial charge is 0.311 e. The van der Waals surface area contributed by atoms with Crippen molar-refractivity contribution in [2.45, 2.75) is 12.8 Å². The second-order valence-electron chi connectivity index (χ2n) is 5.25. The van der Waals surface area contributed by atoms with E-state index in [0.717, 1.165) is 0 Å². The van der Waals surface area contributed by atoms with Gasteiger partial charge in [-0.2, -0.15) is 0 Å². The molecule has 0 radical (unpaired) electrons. The molecule has 1 heterocycles. The molecule has 0 saturated heterocycles. The number of fused-ring (bicyclic) bond motifs is 1. The third-order valence-corrected chi connectivity index (χ3v) is 4.34. The Labute approximate surface area is 129 Å². The van der Waals surface area contributed by atoms with Crippen LogP contribution in [0.15, 0.2) is 16.6 Å². The van der Waals surface area contributed by atoms with Gasteiger partial charge in [0.25, 0.3) is 5.91 Å². The van der Waals surface area contributed by atoms with Crippen LogP contribution < -0.4 is 14.8 Å². The summed E-state index contributed by atoms with van der Waals surface area (Å²) >= 11 is 3.35. The van der Waals surface area contributed by atoms with Gasteiger partial charge < -0.3 is 19.9 Å². The Morgan fingerprint density at radius 1 is 1.29 bits per heavy atom. The fourth-order valence-corrected chi connectivity index (χ4v) is 2.77. The Morgan fingerprint density at radius 2 is 2.00 bits per heavy atom. The number of amides is 1. The van der Waals surface area contributed by atoms with Crippen LogP contribution in [0.4, 0.5) is 0 Å². The Hall–Kier alpha value is -1.76. The van der Waals surface area contributed by atoms with Crippen LogP contribution in [0, 0.1) is 5.41 Å². The van der Waals surface area contributed by atoms with E-state index in [9.17, 15) is 9.59 Å². The highest BCUT2D eigenvalue weighted by molar-refractivity contribution is 9.10. The number of aliphatic carboxylic acids is 1. The fraction of sp³-hybridized carbons (Fsp3) is 0.429. The third kappa shape index (κ3) is 2.70. The van der Waals surface area contributed by atoms with Crippen LogP contribution in [0.25, 0.3) is 0 Å². The minimum atomic E-state index is -0.855. The average molecular weight is 356 g/mol.